The summed E-state index contributed by atoms with van der Waals surface area (Å²) in [5, 5.41) is 2.90. The van der Waals surface area contributed by atoms with Crippen LogP contribution in [-0.2, 0) is 9.53 Å². The van der Waals surface area contributed by atoms with Gasteiger partial charge in [0.2, 0.25) is 5.91 Å². The number of nitrogens with two attached hydrogens (primary N) is 1. The van der Waals surface area contributed by atoms with Gasteiger partial charge in [-0.3, -0.25) is 4.79 Å². The van der Waals surface area contributed by atoms with Crippen LogP contribution in [-0.4, -0.2) is 43.7 Å². The lowest BCUT2D eigenvalue weighted by molar-refractivity contribution is -0.119. The van der Waals surface area contributed by atoms with E-state index in [9.17, 15) is 4.79 Å². The van der Waals surface area contributed by atoms with Crippen LogP contribution in [0.2, 0.25) is 0 Å². The molecule has 0 saturated carbocycles. The van der Waals surface area contributed by atoms with Gasteiger partial charge in [0, 0.05) is 19.0 Å². The normalized spacial score (nSPS) is 16.6. The third-order valence-electron chi connectivity index (χ3n) is 3.64. The van der Waals surface area contributed by atoms with Crippen molar-refractivity contribution in [2.24, 2.45) is 11.7 Å². The molecular formula is C15H24N4O2. The van der Waals surface area contributed by atoms with Crippen LogP contribution in [0, 0.1) is 5.92 Å². The molecule has 6 nitrogen and oxygen atoms in total. The highest BCUT2D eigenvalue weighted by molar-refractivity contribution is 5.92. The number of nitrogens with one attached hydrogen (secondary N) is 1. The molecule has 1 aliphatic heterocycles. The Balaban J connectivity index is 1.88. The van der Waals surface area contributed by atoms with Crippen molar-refractivity contribution in [1.82, 2.24) is 4.98 Å². The van der Waals surface area contributed by atoms with Gasteiger partial charge in [-0.1, -0.05) is 6.92 Å². The zero-order chi connectivity index (χ0) is 15.1. The van der Waals surface area contributed by atoms with Crippen molar-refractivity contribution in [1.29, 1.82) is 0 Å². The number of morpholine rings is 1. The summed E-state index contributed by atoms with van der Waals surface area (Å²) in [5.74, 6) is 0.907. The summed E-state index contributed by atoms with van der Waals surface area (Å²) in [5.41, 5.74) is 6.19. The van der Waals surface area contributed by atoms with Crippen molar-refractivity contribution < 1.29 is 9.53 Å². The molecular weight excluding hydrogens is 268 g/mol. The highest BCUT2D eigenvalue weighted by Crippen LogP contribution is 2.16. The van der Waals surface area contributed by atoms with Gasteiger partial charge in [0.1, 0.15) is 5.82 Å². The molecule has 1 unspecified atom stereocenters. The highest BCUT2D eigenvalue weighted by atomic mass is 16.5. The van der Waals surface area contributed by atoms with Crippen molar-refractivity contribution >= 4 is 17.4 Å². The molecule has 1 aromatic rings. The lowest BCUT2D eigenvalue weighted by Crippen LogP contribution is -2.36. The van der Waals surface area contributed by atoms with E-state index in [0.717, 1.165) is 50.7 Å². The van der Waals surface area contributed by atoms with E-state index < -0.39 is 0 Å². The maximum atomic E-state index is 12.0. The Labute approximate surface area is 125 Å². The number of hydrogen-bond acceptors (Lipinski definition) is 5. The quantitative estimate of drug-likeness (QED) is 0.824. The first-order chi connectivity index (χ1) is 10.2. The Kier molecular flexibility index (Phi) is 5.95. The number of aromatic nitrogens is 1. The third kappa shape index (κ3) is 4.68. The SMILES string of the molecule is CC(CCCN)C(=O)Nc1ccc(N2CCOCC2)nc1. The summed E-state index contributed by atoms with van der Waals surface area (Å²) in [7, 11) is 0. The second-order valence-electron chi connectivity index (χ2n) is 5.33. The minimum absolute atomic E-state index is 0.0179. The number of pyridine rings is 1. The van der Waals surface area contributed by atoms with Crippen molar-refractivity contribution in [2.45, 2.75) is 19.8 Å². The maximum Gasteiger partial charge on any atom is 0.227 e. The van der Waals surface area contributed by atoms with Gasteiger partial charge >= 0.3 is 0 Å². The summed E-state index contributed by atoms with van der Waals surface area (Å²) < 4.78 is 5.32. The van der Waals surface area contributed by atoms with Gasteiger partial charge in [-0.25, -0.2) is 4.98 Å². The first-order valence-electron chi connectivity index (χ1n) is 7.50. The molecule has 0 aliphatic carbocycles. The lowest BCUT2D eigenvalue weighted by atomic mass is 10.0. The van der Waals surface area contributed by atoms with Crippen LogP contribution in [0.1, 0.15) is 19.8 Å². The Morgan fingerprint density at radius 2 is 2.24 bits per heavy atom. The summed E-state index contributed by atoms with van der Waals surface area (Å²) in [6.45, 7) is 5.72. The average Bonchev–Trinajstić information content (AvgIpc) is 2.54. The molecule has 2 heterocycles. The van der Waals surface area contributed by atoms with Crippen LogP contribution in [0.4, 0.5) is 11.5 Å². The van der Waals surface area contributed by atoms with Gasteiger partial charge in [0.05, 0.1) is 25.1 Å². The summed E-state index contributed by atoms with van der Waals surface area (Å²) >= 11 is 0. The minimum Gasteiger partial charge on any atom is -0.378 e. The second kappa shape index (κ2) is 7.95. The molecule has 1 fully saturated rings. The van der Waals surface area contributed by atoms with Crippen molar-refractivity contribution in [3.63, 3.8) is 0 Å². The van der Waals surface area contributed by atoms with Crippen LogP contribution in [0.3, 0.4) is 0 Å². The number of carbonyl (C=O) groups excluding carboxylic acids is 1. The van der Waals surface area contributed by atoms with Crippen LogP contribution >= 0.6 is 0 Å². The largest absolute Gasteiger partial charge is 0.378 e. The third-order valence-corrected chi connectivity index (χ3v) is 3.64. The Bertz CT molecular complexity index is 443. The molecule has 0 bridgehead atoms. The van der Waals surface area contributed by atoms with Gasteiger partial charge in [0.15, 0.2) is 0 Å². The zero-order valence-corrected chi connectivity index (χ0v) is 12.5. The van der Waals surface area contributed by atoms with E-state index in [1.165, 1.54) is 0 Å². The van der Waals surface area contributed by atoms with Crippen molar-refractivity contribution in [3.8, 4) is 0 Å². The van der Waals surface area contributed by atoms with Gasteiger partial charge in [-0.2, -0.15) is 0 Å². The molecule has 6 heteroatoms. The standard InChI is InChI=1S/C15H24N4O2/c1-12(3-2-6-16)15(20)18-13-4-5-14(17-11-13)19-7-9-21-10-8-19/h4-5,11-12H,2-3,6-10,16H2,1H3,(H,18,20). The van der Waals surface area contributed by atoms with E-state index in [2.05, 4.69) is 15.2 Å². The smallest absolute Gasteiger partial charge is 0.227 e. The van der Waals surface area contributed by atoms with E-state index in [-0.39, 0.29) is 11.8 Å². The molecule has 0 aromatic carbocycles. The van der Waals surface area contributed by atoms with E-state index in [1.807, 2.05) is 19.1 Å². The molecule has 1 saturated heterocycles. The summed E-state index contributed by atoms with van der Waals surface area (Å²) in [6.07, 6.45) is 3.38. The fraction of sp³-hybridized carbons (Fsp3) is 0.600. The lowest BCUT2D eigenvalue weighted by Gasteiger charge is -2.27. The van der Waals surface area contributed by atoms with E-state index in [0.29, 0.717) is 6.54 Å². The first-order valence-corrected chi connectivity index (χ1v) is 7.50. The van der Waals surface area contributed by atoms with Gasteiger partial charge in [-0.15, -0.1) is 0 Å². The van der Waals surface area contributed by atoms with E-state index in [4.69, 9.17) is 10.5 Å². The fourth-order valence-corrected chi connectivity index (χ4v) is 2.26. The molecule has 0 spiro atoms. The maximum absolute atomic E-state index is 12.0. The van der Waals surface area contributed by atoms with Crippen LogP contribution in [0.25, 0.3) is 0 Å². The summed E-state index contributed by atoms with van der Waals surface area (Å²) in [4.78, 5) is 18.6. The highest BCUT2D eigenvalue weighted by Gasteiger charge is 2.14. The monoisotopic (exact) mass is 292 g/mol. The second-order valence-corrected chi connectivity index (χ2v) is 5.33. The first kappa shape index (κ1) is 15.7. The van der Waals surface area contributed by atoms with Crippen LogP contribution in [0.5, 0.6) is 0 Å². The molecule has 1 atom stereocenters. The zero-order valence-electron chi connectivity index (χ0n) is 12.5. The fourth-order valence-electron chi connectivity index (χ4n) is 2.26. The number of amides is 1. The number of ether oxygens (including phenoxy) is 1. The van der Waals surface area contributed by atoms with Crippen molar-refractivity contribution in [2.75, 3.05) is 43.1 Å². The molecule has 2 rings (SSSR count). The van der Waals surface area contributed by atoms with Crippen LogP contribution < -0.4 is 16.0 Å². The van der Waals surface area contributed by atoms with Gasteiger partial charge in [0.25, 0.3) is 0 Å². The van der Waals surface area contributed by atoms with Crippen LogP contribution in [0.15, 0.2) is 18.3 Å². The van der Waals surface area contributed by atoms with Gasteiger partial charge in [-0.05, 0) is 31.5 Å². The minimum atomic E-state index is -0.0348. The van der Waals surface area contributed by atoms with Crippen molar-refractivity contribution in [3.05, 3.63) is 18.3 Å². The number of rotatable bonds is 6. The number of anilines is 2. The molecule has 3 N–H and O–H groups in total. The topological polar surface area (TPSA) is 80.5 Å². The number of nitrogens with zero attached hydrogens (tertiary/aromatic N) is 2. The predicted molar refractivity (Wildman–Crippen MR) is 83.4 cm³/mol. The van der Waals surface area contributed by atoms with E-state index in [1.54, 1.807) is 6.20 Å². The molecule has 1 aliphatic rings. The molecule has 1 amide bonds. The molecule has 0 radical (unpaired) electrons. The average molecular weight is 292 g/mol. The predicted octanol–water partition coefficient (Wildman–Crippen LogP) is 1.23. The summed E-state index contributed by atoms with van der Waals surface area (Å²) in [6, 6.07) is 3.83. The number of carbonyl (C=O) groups is 1. The molecule has 116 valence electrons. The molecule has 1 aromatic heterocycles. The Hall–Kier alpha value is -1.66. The Morgan fingerprint density at radius 3 is 2.86 bits per heavy atom. The number of hydrogen-bond donors (Lipinski definition) is 2. The van der Waals surface area contributed by atoms with E-state index >= 15 is 0 Å². The van der Waals surface area contributed by atoms with Gasteiger partial charge < -0.3 is 20.7 Å². The Morgan fingerprint density at radius 1 is 1.48 bits per heavy atom. The molecule has 21 heavy (non-hydrogen) atoms.